The molecule has 0 aliphatic carbocycles. The van der Waals surface area contributed by atoms with Crippen molar-refractivity contribution < 1.29 is 14.3 Å². The van der Waals surface area contributed by atoms with E-state index in [2.05, 4.69) is 10.3 Å². The maximum Gasteiger partial charge on any atom is 0.262 e. The van der Waals surface area contributed by atoms with Crippen LogP contribution >= 0.6 is 0 Å². The van der Waals surface area contributed by atoms with E-state index in [1.165, 1.54) is 6.92 Å². The third-order valence-corrected chi connectivity index (χ3v) is 3.65. The highest BCUT2D eigenvalue weighted by Gasteiger charge is 2.07. The van der Waals surface area contributed by atoms with Gasteiger partial charge in [-0.05, 0) is 50.2 Å². The first-order chi connectivity index (χ1) is 11.5. The summed E-state index contributed by atoms with van der Waals surface area (Å²) in [7, 11) is 0. The number of fused-ring (bicyclic) bond motifs is 1. The van der Waals surface area contributed by atoms with Crippen molar-refractivity contribution >= 4 is 28.3 Å². The number of benzene rings is 2. The van der Waals surface area contributed by atoms with E-state index < -0.39 is 0 Å². The summed E-state index contributed by atoms with van der Waals surface area (Å²) in [6, 6.07) is 14.5. The van der Waals surface area contributed by atoms with E-state index in [0.29, 0.717) is 17.0 Å². The average molecular weight is 322 g/mol. The average Bonchev–Trinajstić information content (AvgIpc) is 2.92. The molecule has 0 saturated heterocycles. The topological polar surface area (TPSA) is 71.2 Å². The van der Waals surface area contributed by atoms with Crippen LogP contribution < -0.4 is 10.1 Å². The van der Waals surface area contributed by atoms with Crippen LogP contribution in [0.2, 0.25) is 0 Å². The van der Waals surface area contributed by atoms with Crippen molar-refractivity contribution in [2.75, 3.05) is 11.9 Å². The number of nitrogens with one attached hydrogen (secondary N) is 2. The zero-order chi connectivity index (χ0) is 17.1. The number of hydrogen-bond acceptors (Lipinski definition) is 3. The third kappa shape index (κ3) is 3.63. The van der Waals surface area contributed by atoms with Crippen molar-refractivity contribution in [3.05, 3.63) is 59.8 Å². The van der Waals surface area contributed by atoms with Crippen LogP contribution in [-0.4, -0.2) is 23.3 Å². The number of Topliss-reactive ketones (excluding diaryl/α,β-unsaturated/α-hetero) is 1. The van der Waals surface area contributed by atoms with Crippen LogP contribution in [0.3, 0.4) is 0 Å². The Hall–Kier alpha value is -3.08. The number of carbonyl (C=O) groups excluding carboxylic acids is 2. The second-order valence-electron chi connectivity index (χ2n) is 5.68. The van der Waals surface area contributed by atoms with Crippen LogP contribution in [0.25, 0.3) is 10.9 Å². The summed E-state index contributed by atoms with van der Waals surface area (Å²) in [4.78, 5) is 26.6. The van der Waals surface area contributed by atoms with Gasteiger partial charge in [0, 0.05) is 27.8 Å². The number of H-pyrrole nitrogens is 1. The minimum absolute atomic E-state index is 0.0417. The lowest BCUT2D eigenvalue weighted by Crippen LogP contribution is -2.20. The van der Waals surface area contributed by atoms with Crippen molar-refractivity contribution in [1.82, 2.24) is 4.98 Å². The fourth-order valence-electron chi connectivity index (χ4n) is 2.51. The Morgan fingerprint density at radius 2 is 1.96 bits per heavy atom. The molecule has 0 spiro atoms. The summed E-state index contributed by atoms with van der Waals surface area (Å²) < 4.78 is 5.45. The first kappa shape index (κ1) is 15.8. The van der Waals surface area contributed by atoms with E-state index in [9.17, 15) is 9.59 Å². The van der Waals surface area contributed by atoms with Gasteiger partial charge in [0.1, 0.15) is 5.75 Å². The molecule has 3 aromatic rings. The van der Waals surface area contributed by atoms with Crippen LogP contribution in [0.1, 0.15) is 23.0 Å². The van der Waals surface area contributed by atoms with Crippen LogP contribution in [0.15, 0.2) is 48.5 Å². The Kier molecular flexibility index (Phi) is 4.33. The summed E-state index contributed by atoms with van der Waals surface area (Å²) >= 11 is 0. The molecule has 0 saturated carbocycles. The van der Waals surface area contributed by atoms with Crippen molar-refractivity contribution in [2.45, 2.75) is 13.8 Å². The van der Waals surface area contributed by atoms with Gasteiger partial charge in [-0.3, -0.25) is 9.59 Å². The van der Waals surface area contributed by atoms with Crippen LogP contribution in [-0.2, 0) is 4.79 Å². The Labute approximate surface area is 139 Å². The van der Waals surface area contributed by atoms with Gasteiger partial charge < -0.3 is 15.0 Å². The first-order valence-corrected chi connectivity index (χ1v) is 7.64. The second-order valence-corrected chi connectivity index (χ2v) is 5.68. The zero-order valence-electron chi connectivity index (χ0n) is 13.6. The molecule has 0 fully saturated rings. The molecule has 2 N–H and O–H groups in total. The molecule has 1 heterocycles. The van der Waals surface area contributed by atoms with Crippen molar-refractivity contribution in [1.29, 1.82) is 0 Å². The number of ether oxygens (including phenoxy) is 1. The smallest absolute Gasteiger partial charge is 0.262 e. The Morgan fingerprint density at radius 1 is 1.12 bits per heavy atom. The van der Waals surface area contributed by atoms with Gasteiger partial charge >= 0.3 is 0 Å². The largest absolute Gasteiger partial charge is 0.484 e. The van der Waals surface area contributed by atoms with Gasteiger partial charge in [0.05, 0.1) is 0 Å². The number of aryl methyl sites for hydroxylation is 1. The van der Waals surface area contributed by atoms with E-state index in [-0.39, 0.29) is 18.3 Å². The molecule has 3 rings (SSSR count). The molecule has 122 valence electrons. The molecule has 5 heteroatoms. The monoisotopic (exact) mass is 322 g/mol. The highest BCUT2D eigenvalue weighted by molar-refractivity contribution is 5.95. The van der Waals surface area contributed by atoms with E-state index in [1.54, 1.807) is 24.3 Å². The highest BCUT2D eigenvalue weighted by Crippen LogP contribution is 2.20. The quantitative estimate of drug-likeness (QED) is 0.704. The zero-order valence-corrected chi connectivity index (χ0v) is 13.6. The van der Waals surface area contributed by atoms with Crippen molar-refractivity contribution in [2.24, 2.45) is 0 Å². The van der Waals surface area contributed by atoms with Crippen LogP contribution in [0, 0.1) is 6.92 Å². The number of hydrogen-bond donors (Lipinski definition) is 2. The minimum atomic E-state index is -0.255. The third-order valence-electron chi connectivity index (χ3n) is 3.65. The Balaban J connectivity index is 1.62. The van der Waals surface area contributed by atoms with Crippen molar-refractivity contribution in [3.8, 4) is 5.75 Å². The molecule has 24 heavy (non-hydrogen) atoms. The maximum atomic E-state index is 12.0. The lowest BCUT2D eigenvalue weighted by Gasteiger charge is -2.08. The van der Waals surface area contributed by atoms with Crippen molar-refractivity contribution in [3.63, 3.8) is 0 Å². The standard InChI is InChI=1S/C19H18N2O3/c1-12-8-15-9-16(6-7-18(15)20-12)21-19(23)11-24-17-5-3-4-14(10-17)13(2)22/h3-10,20H,11H2,1-2H3,(H,21,23). The minimum Gasteiger partial charge on any atom is -0.484 e. The predicted octanol–water partition coefficient (Wildman–Crippen LogP) is 3.70. The number of anilines is 1. The van der Waals surface area contributed by atoms with Gasteiger partial charge in [-0.2, -0.15) is 0 Å². The molecular weight excluding hydrogens is 304 g/mol. The molecule has 0 aliphatic heterocycles. The van der Waals surface area contributed by atoms with Gasteiger partial charge in [-0.15, -0.1) is 0 Å². The lowest BCUT2D eigenvalue weighted by molar-refractivity contribution is -0.118. The van der Waals surface area contributed by atoms with Crippen LogP contribution in [0.4, 0.5) is 5.69 Å². The van der Waals surface area contributed by atoms with E-state index in [4.69, 9.17) is 4.74 Å². The molecule has 0 atom stereocenters. The van der Waals surface area contributed by atoms with Gasteiger partial charge in [0.15, 0.2) is 12.4 Å². The number of aromatic nitrogens is 1. The summed E-state index contributed by atoms with van der Waals surface area (Å²) in [6.07, 6.45) is 0. The van der Waals surface area contributed by atoms with Gasteiger partial charge in [0.25, 0.3) is 5.91 Å². The molecule has 0 aliphatic rings. The Morgan fingerprint density at radius 3 is 2.75 bits per heavy atom. The summed E-state index contributed by atoms with van der Waals surface area (Å²) in [6.45, 7) is 3.36. The maximum absolute atomic E-state index is 12.0. The molecule has 2 aromatic carbocycles. The molecular formula is C19H18N2O3. The van der Waals surface area contributed by atoms with E-state index in [1.807, 2.05) is 31.2 Å². The number of ketones is 1. The van der Waals surface area contributed by atoms with Gasteiger partial charge in [-0.1, -0.05) is 12.1 Å². The summed E-state index contributed by atoms with van der Waals surface area (Å²) in [5, 5.41) is 3.85. The molecule has 0 radical (unpaired) electrons. The van der Waals surface area contributed by atoms with E-state index >= 15 is 0 Å². The fourth-order valence-corrected chi connectivity index (χ4v) is 2.51. The van der Waals surface area contributed by atoms with Gasteiger partial charge in [0.2, 0.25) is 0 Å². The SMILES string of the molecule is CC(=O)c1cccc(OCC(=O)Nc2ccc3[nH]c(C)cc3c2)c1. The molecule has 1 amide bonds. The summed E-state index contributed by atoms with van der Waals surface area (Å²) in [5.41, 5.74) is 3.37. The van der Waals surface area contributed by atoms with Gasteiger partial charge in [-0.25, -0.2) is 0 Å². The molecule has 1 aromatic heterocycles. The molecule has 0 bridgehead atoms. The highest BCUT2D eigenvalue weighted by atomic mass is 16.5. The molecule has 5 nitrogen and oxygen atoms in total. The fraction of sp³-hybridized carbons (Fsp3) is 0.158. The Bertz CT molecular complexity index is 912. The number of rotatable bonds is 5. The number of amides is 1. The molecule has 0 unspecified atom stereocenters. The normalized spacial score (nSPS) is 10.6. The summed E-state index contributed by atoms with van der Waals surface area (Å²) in [5.74, 6) is 0.199. The first-order valence-electron chi connectivity index (χ1n) is 7.64. The second kappa shape index (κ2) is 6.58. The van der Waals surface area contributed by atoms with Crippen LogP contribution in [0.5, 0.6) is 5.75 Å². The van der Waals surface area contributed by atoms with E-state index in [0.717, 1.165) is 16.6 Å². The lowest BCUT2D eigenvalue weighted by atomic mass is 10.1. The number of carbonyl (C=O) groups is 2. The predicted molar refractivity (Wildman–Crippen MR) is 93.6 cm³/mol. The number of aromatic amines is 1.